The van der Waals surface area contributed by atoms with Crippen LogP contribution in [-0.2, 0) is 6.54 Å². The summed E-state index contributed by atoms with van der Waals surface area (Å²) in [5.41, 5.74) is 1.26. The number of nitrogens with zero attached hydrogens (tertiary/aromatic N) is 2. The number of ketones is 1. The quantitative estimate of drug-likeness (QED) is 0.296. The number of carbonyl (C=O) groups excluding carboxylic acids is 1. The lowest BCUT2D eigenvalue weighted by Gasteiger charge is -2.05. The highest BCUT2D eigenvalue weighted by molar-refractivity contribution is 5.97. The molecule has 0 fully saturated rings. The van der Waals surface area contributed by atoms with Gasteiger partial charge in [-0.15, -0.1) is 0 Å². The molecule has 0 saturated heterocycles. The molecule has 0 saturated carbocycles. The molecule has 1 aromatic heterocycles. The van der Waals surface area contributed by atoms with Crippen LogP contribution in [0.25, 0.3) is 0 Å². The molecule has 102 valence electrons. The number of rotatable bonds is 5. The van der Waals surface area contributed by atoms with Crippen LogP contribution in [0.2, 0.25) is 0 Å². The SMILES string of the molecule is COc1ccccc1C(=O)C[n+]1cccc(C=NO)c1. The summed E-state index contributed by atoms with van der Waals surface area (Å²) >= 11 is 0. The molecule has 1 heterocycles. The van der Waals surface area contributed by atoms with Crippen molar-refractivity contribution in [3.8, 4) is 5.75 Å². The van der Waals surface area contributed by atoms with Gasteiger partial charge in [0.05, 0.1) is 24.5 Å². The minimum atomic E-state index is -0.0504. The Morgan fingerprint density at radius 3 is 2.90 bits per heavy atom. The van der Waals surface area contributed by atoms with Crippen molar-refractivity contribution in [2.45, 2.75) is 6.54 Å². The van der Waals surface area contributed by atoms with E-state index in [1.54, 1.807) is 47.3 Å². The van der Waals surface area contributed by atoms with E-state index >= 15 is 0 Å². The molecule has 0 aliphatic carbocycles. The van der Waals surface area contributed by atoms with Crippen molar-refractivity contribution in [2.24, 2.45) is 5.16 Å². The molecule has 0 atom stereocenters. The zero-order valence-corrected chi connectivity index (χ0v) is 11.1. The number of para-hydroxylation sites is 1. The van der Waals surface area contributed by atoms with Gasteiger partial charge in [-0.05, 0) is 18.2 Å². The number of hydrogen-bond acceptors (Lipinski definition) is 4. The van der Waals surface area contributed by atoms with Crippen LogP contribution < -0.4 is 9.30 Å². The Labute approximate surface area is 116 Å². The Bertz CT molecular complexity index is 639. The van der Waals surface area contributed by atoms with Crippen molar-refractivity contribution in [3.63, 3.8) is 0 Å². The van der Waals surface area contributed by atoms with E-state index in [1.807, 2.05) is 6.07 Å². The van der Waals surface area contributed by atoms with Gasteiger partial charge in [0, 0.05) is 6.07 Å². The third kappa shape index (κ3) is 3.20. The molecule has 1 aromatic carbocycles. The smallest absolute Gasteiger partial charge is 0.231 e. The van der Waals surface area contributed by atoms with Gasteiger partial charge in [0.25, 0.3) is 0 Å². The molecule has 1 N–H and O–H groups in total. The average Bonchev–Trinajstić information content (AvgIpc) is 2.48. The van der Waals surface area contributed by atoms with E-state index in [9.17, 15) is 4.79 Å². The monoisotopic (exact) mass is 271 g/mol. The van der Waals surface area contributed by atoms with Crippen LogP contribution in [0.3, 0.4) is 0 Å². The van der Waals surface area contributed by atoms with E-state index in [0.717, 1.165) is 0 Å². The second kappa shape index (κ2) is 6.47. The number of benzene rings is 1. The Hall–Kier alpha value is -2.69. The van der Waals surface area contributed by atoms with Crippen molar-refractivity contribution in [1.82, 2.24) is 0 Å². The summed E-state index contributed by atoms with van der Waals surface area (Å²) in [6.45, 7) is 0.188. The van der Waals surface area contributed by atoms with Crippen LogP contribution in [0.5, 0.6) is 5.75 Å². The van der Waals surface area contributed by atoms with E-state index in [0.29, 0.717) is 16.9 Å². The first kappa shape index (κ1) is 13.7. The number of Topliss-reactive ketones (excluding diaryl/α,β-unsaturated/α-hetero) is 1. The first-order valence-corrected chi connectivity index (χ1v) is 6.07. The van der Waals surface area contributed by atoms with Gasteiger partial charge in [-0.25, -0.2) is 0 Å². The number of ether oxygens (including phenoxy) is 1. The van der Waals surface area contributed by atoms with Gasteiger partial charge in [-0.3, -0.25) is 4.79 Å². The summed E-state index contributed by atoms with van der Waals surface area (Å²) in [5, 5.41) is 11.5. The Kier molecular flexibility index (Phi) is 4.44. The van der Waals surface area contributed by atoms with Crippen molar-refractivity contribution >= 4 is 12.0 Å². The van der Waals surface area contributed by atoms with Crippen LogP contribution >= 0.6 is 0 Å². The molecule has 20 heavy (non-hydrogen) atoms. The highest BCUT2D eigenvalue weighted by atomic mass is 16.5. The lowest BCUT2D eigenvalue weighted by atomic mass is 10.1. The maximum Gasteiger partial charge on any atom is 0.231 e. The van der Waals surface area contributed by atoms with E-state index in [2.05, 4.69) is 5.16 Å². The normalized spacial score (nSPS) is 10.7. The number of pyridine rings is 1. The first-order chi connectivity index (χ1) is 9.74. The number of aromatic nitrogens is 1. The lowest BCUT2D eigenvalue weighted by molar-refractivity contribution is -0.683. The molecule has 5 heteroatoms. The van der Waals surface area contributed by atoms with Gasteiger partial charge in [0.1, 0.15) is 5.75 Å². The third-order valence-corrected chi connectivity index (χ3v) is 2.82. The van der Waals surface area contributed by atoms with Crippen LogP contribution in [0.4, 0.5) is 0 Å². The van der Waals surface area contributed by atoms with Crippen LogP contribution in [0, 0.1) is 0 Å². The summed E-state index contributed by atoms with van der Waals surface area (Å²) < 4.78 is 6.91. The lowest BCUT2D eigenvalue weighted by Crippen LogP contribution is -2.37. The first-order valence-electron chi connectivity index (χ1n) is 6.07. The summed E-state index contributed by atoms with van der Waals surface area (Å²) in [5.74, 6) is 0.511. The van der Waals surface area contributed by atoms with Gasteiger partial charge >= 0.3 is 0 Å². The van der Waals surface area contributed by atoms with Crippen LogP contribution in [-0.4, -0.2) is 24.3 Å². The van der Waals surface area contributed by atoms with Crippen molar-refractivity contribution in [1.29, 1.82) is 0 Å². The maximum atomic E-state index is 12.3. The zero-order valence-electron chi connectivity index (χ0n) is 11.1. The predicted molar refractivity (Wildman–Crippen MR) is 73.3 cm³/mol. The van der Waals surface area contributed by atoms with E-state index < -0.39 is 0 Å². The molecule has 2 aromatic rings. The number of methoxy groups -OCH3 is 1. The molecule has 0 aliphatic rings. The molecular weight excluding hydrogens is 256 g/mol. The van der Waals surface area contributed by atoms with Gasteiger partial charge in [0.2, 0.25) is 12.3 Å². The zero-order chi connectivity index (χ0) is 14.4. The molecule has 0 radical (unpaired) electrons. The molecular formula is C15H15N2O3+. The standard InChI is InChI=1S/C15H14N2O3/c1-20-15-7-3-2-6-13(15)14(18)11-17-8-4-5-12(10-17)9-16-19/h2-10H,11H2,1H3/p+1. The van der Waals surface area contributed by atoms with Crippen LogP contribution in [0.15, 0.2) is 53.9 Å². The summed E-state index contributed by atoms with van der Waals surface area (Å²) in [6.07, 6.45) is 4.82. The van der Waals surface area contributed by atoms with E-state index in [1.165, 1.54) is 13.3 Å². The summed E-state index contributed by atoms with van der Waals surface area (Å²) in [4.78, 5) is 12.3. The number of oxime groups is 1. The minimum absolute atomic E-state index is 0.0504. The Morgan fingerprint density at radius 1 is 1.35 bits per heavy atom. The fraction of sp³-hybridized carbons (Fsp3) is 0.133. The van der Waals surface area contributed by atoms with Gasteiger partial charge in [0.15, 0.2) is 12.4 Å². The Balaban J connectivity index is 2.21. The Morgan fingerprint density at radius 2 is 2.15 bits per heavy atom. The van der Waals surface area contributed by atoms with E-state index in [4.69, 9.17) is 9.94 Å². The number of hydrogen-bond donors (Lipinski definition) is 1. The predicted octanol–water partition coefficient (Wildman–Crippen LogP) is 1.67. The van der Waals surface area contributed by atoms with Crippen LogP contribution in [0.1, 0.15) is 15.9 Å². The molecule has 0 unspecified atom stereocenters. The minimum Gasteiger partial charge on any atom is -0.496 e. The molecule has 5 nitrogen and oxygen atoms in total. The second-order valence-electron chi connectivity index (χ2n) is 4.18. The highest BCUT2D eigenvalue weighted by Gasteiger charge is 2.16. The fourth-order valence-electron chi connectivity index (χ4n) is 1.91. The molecule has 0 spiro atoms. The van der Waals surface area contributed by atoms with Crippen molar-refractivity contribution in [3.05, 3.63) is 59.9 Å². The fourth-order valence-corrected chi connectivity index (χ4v) is 1.91. The summed E-state index contributed by atoms with van der Waals surface area (Å²) in [7, 11) is 1.54. The van der Waals surface area contributed by atoms with Gasteiger partial charge in [-0.2, -0.15) is 4.57 Å². The maximum absolute atomic E-state index is 12.3. The molecule has 0 aliphatic heterocycles. The third-order valence-electron chi connectivity index (χ3n) is 2.82. The molecule has 2 rings (SSSR count). The van der Waals surface area contributed by atoms with Gasteiger partial charge in [-0.1, -0.05) is 17.3 Å². The topological polar surface area (TPSA) is 62.8 Å². The molecule has 0 bridgehead atoms. The summed E-state index contributed by atoms with van der Waals surface area (Å²) in [6, 6.07) is 10.7. The van der Waals surface area contributed by atoms with Gasteiger partial charge < -0.3 is 9.94 Å². The van der Waals surface area contributed by atoms with E-state index in [-0.39, 0.29) is 12.3 Å². The van der Waals surface area contributed by atoms with Crippen molar-refractivity contribution < 1.29 is 19.3 Å². The number of carbonyl (C=O) groups is 1. The molecule has 0 amide bonds. The average molecular weight is 271 g/mol. The largest absolute Gasteiger partial charge is 0.496 e. The second-order valence-corrected chi connectivity index (χ2v) is 4.18. The highest BCUT2D eigenvalue weighted by Crippen LogP contribution is 2.17. The van der Waals surface area contributed by atoms with Crippen molar-refractivity contribution in [2.75, 3.05) is 7.11 Å².